The second kappa shape index (κ2) is 30.6. The van der Waals surface area contributed by atoms with E-state index in [0.717, 1.165) is 0 Å². The van der Waals surface area contributed by atoms with Crippen LogP contribution in [0, 0.1) is 0 Å². The molecule has 0 bridgehead atoms. The van der Waals surface area contributed by atoms with Gasteiger partial charge in [0.25, 0.3) is 0 Å². The van der Waals surface area contributed by atoms with Crippen LogP contribution in [0.3, 0.4) is 0 Å². The van der Waals surface area contributed by atoms with Crippen LogP contribution in [0.2, 0.25) is 0 Å². The predicted octanol–water partition coefficient (Wildman–Crippen LogP) is 13.3. The standard InChI is InChI=1S/C40H76N/c1-4-6-8-10-12-14-16-18-20-22-24-26-28-30-32-34-39-36-40(38-41(3)37-39)35-33-31-29-27-25-23-21-19-17-15-13-11-9-7-5-2/h36-38H,4-35H2,1-3H3/q+1. The van der Waals surface area contributed by atoms with Crippen LogP contribution in [0.15, 0.2) is 18.5 Å². The summed E-state index contributed by atoms with van der Waals surface area (Å²) < 4.78 is 2.31. The molecule has 1 aromatic heterocycles. The Hall–Kier alpha value is -0.850. The van der Waals surface area contributed by atoms with Crippen molar-refractivity contribution in [1.29, 1.82) is 0 Å². The van der Waals surface area contributed by atoms with Crippen LogP contribution in [0.5, 0.6) is 0 Å². The molecule has 1 aromatic rings. The summed E-state index contributed by atoms with van der Waals surface area (Å²) in [5.74, 6) is 0. The normalized spacial score (nSPS) is 11.5. The van der Waals surface area contributed by atoms with E-state index in [-0.39, 0.29) is 0 Å². The highest BCUT2D eigenvalue weighted by atomic mass is 14.9. The van der Waals surface area contributed by atoms with Crippen LogP contribution >= 0.6 is 0 Å². The lowest BCUT2D eigenvalue weighted by atomic mass is 10.0. The number of hydrogen-bond acceptors (Lipinski definition) is 0. The van der Waals surface area contributed by atoms with Gasteiger partial charge < -0.3 is 0 Å². The van der Waals surface area contributed by atoms with Crippen molar-refractivity contribution in [2.24, 2.45) is 7.05 Å². The molecule has 1 rings (SSSR count). The van der Waals surface area contributed by atoms with Crippen molar-refractivity contribution in [1.82, 2.24) is 0 Å². The molecule has 0 aliphatic heterocycles. The SMILES string of the molecule is CCCCCCCCCCCCCCCCCc1cc(CCCCCCCCCCCCCCCCC)c[n+](C)c1. The second-order valence-corrected chi connectivity index (χ2v) is 13.6. The molecule has 1 nitrogen and oxygen atoms in total. The smallest absolute Gasteiger partial charge is 0.171 e. The Morgan fingerprint density at radius 2 is 0.561 bits per heavy atom. The van der Waals surface area contributed by atoms with Gasteiger partial charge >= 0.3 is 0 Å². The van der Waals surface area contributed by atoms with Crippen LogP contribution in [-0.4, -0.2) is 0 Å². The first-order valence-electron chi connectivity index (χ1n) is 19.2. The van der Waals surface area contributed by atoms with Gasteiger partial charge in [0.05, 0.1) is 0 Å². The molecule has 0 amide bonds. The van der Waals surface area contributed by atoms with Crippen LogP contribution in [-0.2, 0) is 19.9 Å². The minimum Gasteiger partial charge on any atom is -0.207 e. The van der Waals surface area contributed by atoms with Gasteiger partial charge in [-0.1, -0.05) is 194 Å². The molecule has 0 aromatic carbocycles. The van der Waals surface area contributed by atoms with E-state index in [4.69, 9.17) is 0 Å². The van der Waals surface area contributed by atoms with Gasteiger partial charge in [-0.25, -0.2) is 4.57 Å². The minimum atomic E-state index is 1.26. The third-order valence-electron chi connectivity index (χ3n) is 9.25. The van der Waals surface area contributed by atoms with Crippen molar-refractivity contribution in [2.75, 3.05) is 0 Å². The maximum Gasteiger partial charge on any atom is 0.171 e. The number of hydrogen-bond donors (Lipinski definition) is 0. The zero-order valence-corrected chi connectivity index (χ0v) is 28.8. The molecule has 1 heteroatoms. The maximum absolute atomic E-state index is 2.51. The molecule has 0 unspecified atom stereocenters. The number of nitrogens with zero attached hydrogens (tertiary/aromatic N) is 1. The van der Waals surface area contributed by atoms with Crippen molar-refractivity contribution in [3.05, 3.63) is 29.6 Å². The highest BCUT2D eigenvalue weighted by Gasteiger charge is 2.05. The van der Waals surface area contributed by atoms with Crippen molar-refractivity contribution in [3.63, 3.8) is 0 Å². The minimum absolute atomic E-state index is 1.26. The number of pyridine rings is 1. The van der Waals surface area contributed by atoms with Crippen LogP contribution in [0.1, 0.15) is 218 Å². The molecular formula is C40H76N+. The largest absolute Gasteiger partial charge is 0.207 e. The van der Waals surface area contributed by atoms with E-state index in [9.17, 15) is 0 Å². The first-order valence-corrected chi connectivity index (χ1v) is 19.2. The van der Waals surface area contributed by atoms with E-state index in [2.05, 4.69) is 43.9 Å². The van der Waals surface area contributed by atoms with Crippen LogP contribution < -0.4 is 4.57 Å². The summed E-state index contributed by atoms with van der Waals surface area (Å²) in [6, 6.07) is 2.51. The lowest BCUT2D eigenvalue weighted by Crippen LogP contribution is -2.28. The highest BCUT2D eigenvalue weighted by molar-refractivity contribution is 5.15. The average Bonchev–Trinajstić information content (AvgIpc) is 2.97. The monoisotopic (exact) mass is 571 g/mol. The van der Waals surface area contributed by atoms with Crippen molar-refractivity contribution in [3.8, 4) is 0 Å². The molecule has 0 saturated heterocycles. The van der Waals surface area contributed by atoms with E-state index < -0.39 is 0 Å². The molecule has 0 aliphatic rings. The Bertz CT molecular complexity index is 598. The second-order valence-electron chi connectivity index (χ2n) is 13.6. The lowest BCUT2D eigenvalue weighted by molar-refractivity contribution is -0.672. The summed E-state index contributed by atoms with van der Waals surface area (Å²) in [7, 11) is 2.21. The van der Waals surface area contributed by atoms with Gasteiger partial charge in [-0.2, -0.15) is 0 Å². The summed E-state index contributed by atoms with van der Waals surface area (Å²) in [6.07, 6.45) is 50.6. The number of aryl methyl sites for hydroxylation is 3. The first kappa shape index (κ1) is 38.2. The summed E-state index contributed by atoms with van der Waals surface area (Å²) in [5, 5.41) is 0. The van der Waals surface area contributed by atoms with Crippen molar-refractivity contribution >= 4 is 0 Å². The highest BCUT2D eigenvalue weighted by Crippen LogP contribution is 2.16. The molecule has 0 atom stereocenters. The van der Waals surface area contributed by atoms with Gasteiger partial charge in [-0.05, 0) is 31.7 Å². The fourth-order valence-electron chi connectivity index (χ4n) is 6.55. The van der Waals surface area contributed by atoms with Crippen LogP contribution in [0.25, 0.3) is 0 Å². The Labute approximate surface area is 260 Å². The van der Waals surface area contributed by atoms with Crippen molar-refractivity contribution in [2.45, 2.75) is 219 Å². The third kappa shape index (κ3) is 26.5. The zero-order valence-electron chi connectivity index (χ0n) is 28.8. The quantitative estimate of drug-likeness (QED) is 0.0599. The van der Waals surface area contributed by atoms with Gasteiger partial charge in [-0.3, -0.25) is 0 Å². The molecule has 0 N–H and O–H groups in total. The van der Waals surface area contributed by atoms with E-state index in [0.29, 0.717) is 0 Å². The molecule has 1 heterocycles. The van der Waals surface area contributed by atoms with Gasteiger partial charge in [0.1, 0.15) is 7.05 Å². The number of aromatic nitrogens is 1. The first-order chi connectivity index (χ1) is 20.3. The maximum atomic E-state index is 2.51. The fraction of sp³-hybridized carbons (Fsp3) is 0.875. The van der Waals surface area contributed by atoms with Gasteiger partial charge in [-0.15, -0.1) is 0 Å². The molecule has 240 valence electrons. The Morgan fingerprint density at radius 1 is 0.341 bits per heavy atom. The molecule has 0 aliphatic carbocycles. The summed E-state index contributed by atoms with van der Waals surface area (Å²) in [5.41, 5.74) is 3.11. The summed E-state index contributed by atoms with van der Waals surface area (Å²) in [6.45, 7) is 4.61. The van der Waals surface area contributed by atoms with Gasteiger partial charge in [0.15, 0.2) is 12.4 Å². The van der Waals surface area contributed by atoms with Crippen LogP contribution in [0.4, 0.5) is 0 Å². The van der Waals surface area contributed by atoms with E-state index in [1.54, 1.807) is 11.1 Å². The van der Waals surface area contributed by atoms with Gasteiger partial charge in [0.2, 0.25) is 0 Å². The van der Waals surface area contributed by atoms with E-state index in [1.807, 2.05) is 0 Å². The zero-order chi connectivity index (χ0) is 29.5. The molecular weight excluding hydrogens is 494 g/mol. The number of unbranched alkanes of at least 4 members (excludes halogenated alkanes) is 28. The Morgan fingerprint density at radius 3 is 0.805 bits per heavy atom. The fourth-order valence-corrected chi connectivity index (χ4v) is 6.55. The Kier molecular flexibility index (Phi) is 28.5. The number of rotatable bonds is 32. The molecule has 41 heavy (non-hydrogen) atoms. The summed E-state index contributed by atoms with van der Waals surface area (Å²) in [4.78, 5) is 0. The van der Waals surface area contributed by atoms with E-state index >= 15 is 0 Å². The Balaban J connectivity index is 1.93. The lowest BCUT2D eigenvalue weighted by Gasteiger charge is -2.06. The summed E-state index contributed by atoms with van der Waals surface area (Å²) >= 11 is 0. The topological polar surface area (TPSA) is 3.88 Å². The molecule has 0 radical (unpaired) electrons. The van der Waals surface area contributed by atoms with E-state index in [1.165, 1.54) is 205 Å². The third-order valence-corrected chi connectivity index (χ3v) is 9.25. The molecule has 0 spiro atoms. The predicted molar refractivity (Wildman–Crippen MR) is 185 cm³/mol. The molecule has 0 fully saturated rings. The average molecular weight is 571 g/mol. The molecule has 0 saturated carbocycles. The van der Waals surface area contributed by atoms with Gasteiger partial charge in [0, 0.05) is 11.1 Å². The van der Waals surface area contributed by atoms with Crippen molar-refractivity contribution < 1.29 is 4.57 Å².